The molecule has 5 heteroatoms. The van der Waals surface area contributed by atoms with Crippen LogP contribution in [0.5, 0.6) is 17.4 Å². The molecule has 0 saturated heterocycles. The number of hydrogen-bond acceptors (Lipinski definition) is 5. The van der Waals surface area contributed by atoms with Gasteiger partial charge >= 0.3 is 0 Å². The van der Waals surface area contributed by atoms with Crippen molar-refractivity contribution in [1.82, 2.24) is 9.97 Å². The lowest BCUT2D eigenvalue weighted by molar-refractivity contribution is 0.414. The second-order valence-corrected chi connectivity index (χ2v) is 3.45. The summed E-state index contributed by atoms with van der Waals surface area (Å²) in [5.74, 6) is 1.69. The number of aryl methyl sites for hydroxylation is 1. The Hall–Kier alpha value is -2.30. The molecule has 2 aromatic rings. The summed E-state index contributed by atoms with van der Waals surface area (Å²) >= 11 is 0. The number of rotatable bonds is 3. The Labute approximate surface area is 99.2 Å². The largest absolute Gasteiger partial charge is 0.495 e. The fourth-order valence-electron chi connectivity index (χ4n) is 1.38. The number of nitrogens with zero attached hydrogens (tertiary/aromatic N) is 2. The van der Waals surface area contributed by atoms with Gasteiger partial charge in [-0.15, -0.1) is 0 Å². The number of benzene rings is 1. The molecular formula is C12H13N3O2. The van der Waals surface area contributed by atoms with Crippen molar-refractivity contribution in [3.63, 3.8) is 0 Å². The van der Waals surface area contributed by atoms with Crippen LogP contribution in [-0.4, -0.2) is 17.1 Å². The van der Waals surface area contributed by atoms with Crippen molar-refractivity contribution in [1.29, 1.82) is 0 Å². The van der Waals surface area contributed by atoms with Gasteiger partial charge in [0.15, 0.2) is 0 Å². The molecule has 0 saturated carbocycles. The van der Waals surface area contributed by atoms with Gasteiger partial charge in [-0.3, -0.25) is 4.98 Å². The molecule has 1 aromatic heterocycles. The van der Waals surface area contributed by atoms with Crippen LogP contribution in [0.4, 0.5) is 5.69 Å². The van der Waals surface area contributed by atoms with Crippen molar-refractivity contribution in [3.05, 3.63) is 36.3 Å². The highest BCUT2D eigenvalue weighted by Crippen LogP contribution is 2.29. The van der Waals surface area contributed by atoms with Gasteiger partial charge in [-0.25, -0.2) is 4.98 Å². The van der Waals surface area contributed by atoms with Gasteiger partial charge in [-0.1, -0.05) is 0 Å². The zero-order valence-electron chi connectivity index (χ0n) is 9.68. The maximum Gasteiger partial charge on any atom is 0.240 e. The molecule has 0 unspecified atom stereocenters. The van der Waals surface area contributed by atoms with Crippen molar-refractivity contribution >= 4 is 5.69 Å². The smallest absolute Gasteiger partial charge is 0.240 e. The zero-order valence-corrected chi connectivity index (χ0v) is 9.68. The minimum Gasteiger partial charge on any atom is -0.495 e. The lowest BCUT2D eigenvalue weighted by Crippen LogP contribution is -1.95. The minimum atomic E-state index is 0.470. The third-order valence-electron chi connectivity index (χ3n) is 2.25. The topological polar surface area (TPSA) is 70.3 Å². The van der Waals surface area contributed by atoms with Crippen LogP contribution in [0.1, 0.15) is 5.69 Å². The fourth-order valence-corrected chi connectivity index (χ4v) is 1.38. The molecule has 0 aliphatic carbocycles. The van der Waals surface area contributed by atoms with Crippen LogP contribution >= 0.6 is 0 Å². The highest BCUT2D eigenvalue weighted by atomic mass is 16.5. The van der Waals surface area contributed by atoms with E-state index in [-0.39, 0.29) is 0 Å². The average Bonchev–Trinajstić information content (AvgIpc) is 2.32. The van der Waals surface area contributed by atoms with Crippen LogP contribution in [0.2, 0.25) is 0 Å². The molecule has 2 rings (SSSR count). The van der Waals surface area contributed by atoms with Crippen LogP contribution in [0.3, 0.4) is 0 Å². The number of hydrogen-bond donors (Lipinski definition) is 1. The quantitative estimate of drug-likeness (QED) is 0.820. The van der Waals surface area contributed by atoms with E-state index in [4.69, 9.17) is 15.2 Å². The Balaban J connectivity index is 2.25. The number of anilines is 1. The van der Waals surface area contributed by atoms with Gasteiger partial charge in [0.25, 0.3) is 0 Å². The molecule has 1 heterocycles. The molecule has 0 amide bonds. The molecule has 0 bridgehead atoms. The number of methoxy groups -OCH3 is 1. The summed E-state index contributed by atoms with van der Waals surface area (Å²) in [5.41, 5.74) is 7.03. The van der Waals surface area contributed by atoms with Gasteiger partial charge < -0.3 is 15.2 Å². The Kier molecular flexibility index (Phi) is 3.09. The SMILES string of the molecule is COc1ccc(Oc2nccnc2C)cc1N. The number of ether oxygens (including phenoxy) is 2. The van der Waals surface area contributed by atoms with Crippen molar-refractivity contribution in [3.8, 4) is 17.4 Å². The highest BCUT2D eigenvalue weighted by molar-refractivity contribution is 5.56. The summed E-state index contributed by atoms with van der Waals surface area (Å²) in [4.78, 5) is 8.18. The molecule has 0 fully saturated rings. The summed E-state index contributed by atoms with van der Waals surface area (Å²) in [5, 5.41) is 0. The molecule has 5 nitrogen and oxygen atoms in total. The number of nitrogen functional groups attached to an aromatic ring is 1. The van der Waals surface area contributed by atoms with Crippen molar-refractivity contribution in [2.75, 3.05) is 12.8 Å². The second kappa shape index (κ2) is 4.69. The summed E-state index contributed by atoms with van der Waals surface area (Å²) in [7, 11) is 1.57. The van der Waals surface area contributed by atoms with Gasteiger partial charge in [0, 0.05) is 18.5 Å². The van der Waals surface area contributed by atoms with Crippen molar-refractivity contribution < 1.29 is 9.47 Å². The van der Waals surface area contributed by atoms with Gasteiger partial charge in [-0.05, 0) is 19.1 Å². The van der Waals surface area contributed by atoms with Crippen LogP contribution in [0, 0.1) is 6.92 Å². The summed E-state index contributed by atoms with van der Waals surface area (Å²) < 4.78 is 10.6. The molecular weight excluding hydrogens is 218 g/mol. The maximum atomic E-state index is 5.78. The number of aromatic nitrogens is 2. The predicted octanol–water partition coefficient (Wildman–Crippen LogP) is 2.17. The summed E-state index contributed by atoms with van der Waals surface area (Å²) in [6.07, 6.45) is 3.19. The van der Waals surface area contributed by atoms with Crippen LogP contribution in [-0.2, 0) is 0 Å². The predicted molar refractivity (Wildman–Crippen MR) is 64.2 cm³/mol. The van der Waals surface area contributed by atoms with Gasteiger partial charge in [-0.2, -0.15) is 0 Å². The van der Waals surface area contributed by atoms with E-state index < -0.39 is 0 Å². The van der Waals surface area contributed by atoms with Gasteiger partial charge in [0.05, 0.1) is 18.5 Å². The second-order valence-electron chi connectivity index (χ2n) is 3.45. The number of nitrogens with two attached hydrogens (primary N) is 1. The Morgan fingerprint density at radius 1 is 1.18 bits per heavy atom. The third-order valence-corrected chi connectivity index (χ3v) is 2.25. The standard InChI is InChI=1S/C12H13N3O2/c1-8-12(15-6-5-14-8)17-9-3-4-11(16-2)10(13)7-9/h3-7H,13H2,1-2H3. The highest BCUT2D eigenvalue weighted by Gasteiger charge is 2.05. The van der Waals surface area contributed by atoms with E-state index in [2.05, 4.69) is 9.97 Å². The van der Waals surface area contributed by atoms with Crippen LogP contribution in [0.25, 0.3) is 0 Å². The first-order valence-corrected chi connectivity index (χ1v) is 5.09. The monoisotopic (exact) mass is 231 g/mol. The first-order chi connectivity index (χ1) is 8.20. The molecule has 0 aliphatic heterocycles. The minimum absolute atomic E-state index is 0.470. The van der Waals surface area contributed by atoms with E-state index in [1.54, 1.807) is 37.7 Å². The van der Waals surface area contributed by atoms with E-state index in [0.717, 1.165) is 5.69 Å². The van der Waals surface area contributed by atoms with Crippen molar-refractivity contribution in [2.24, 2.45) is 0 Å². The lowest BCUT2D eigenvalue weighted by Gasteiger charge is -2.09. The Morgan fingerprint density at radius 3 is 2.59 bits per heavy atom. The normalized spacial score (nSPS) is 10.0. The molecule has 88 valence electrons. The molecule has 1 aromatic carbocycles. The first kappa shape index (κ1) is 11.2. The van der Waals surface area contributed by atoms with Gasteiger partial charge in [0.1, 0.15) is 11.5 Å². The van der Waals surface area contributed by atoms with Crippen LogP contribution in [0.15, 0.2) is 30.6 Å². The molecule has 2 N–H and O–H groups in total. The molecule has 17 heavy (non-hydrogen) atoms. The van der Waals surface area contributed by atoms with E-state index in [1.165, 1.54) is 0 Å². The maximum absolute atomic E-state index is 5.78. The van der Waals surface area contributed by atoms with Crippen LogP contribution < -0.4 is 15.2 Å². The third kappa shape index (κ3) is 2.44. The van der Waals surface area contributed by atoms with Crippen molar-refractivity contribution in [2.45, 2.75) is 6.92 Å². The van der Waals surface area contributed by atoms with E-state index in [9.17, 15) is 0 Å². The summed E-state index contributed by atoms with van der Waals surface area (Å²) in [6.45, 7) is 1.83. The summed E-state index contributed by atoms with van der Waals surface area (Å²) in [6, 6.07) is 5.20. The lowest BCUT2D eigenvalue weighted by atomic mass is 10.3. The Bertz CT molecular complexity index is 529. The Morgan fingerprint density at radius 2 is 1.94 bits per heavy atom. The fraction of sp³-hybridized carbons (Fsp3) is 0.167. The molecule has 0 radical (unpaired) electrons. The molecule has 0 aliphatic rings. The molecule has 0 atom stereocenters. The molecule has 0 spiro atoms. The van der Waals surface area contributed by atoms with E-state index >= 15 is 0 Å². The first-order valence-electron chi connectivity index (χ1n) is 5.09. The average molecular weight is 231 g/mol. The zero-order chi connectivity index (χ0) is 12.3. The van der Waals surface area contributed by atoms with E-state index in [1.807, 2.05) is 6.92 Å². The van der Waals surface area contributed by atoms with Gasteiger partial charge in [0.2, 0.25) is 5.88 Å². The van der Waals surface area contributed by atoms with E-state index in [0.29, 0.717) is 23.1 Å².